The third-order valence-corrected chi connectivity index (χ3v) is 6.90. The molecule has 1 aromatic carbocycles. The van der Waals surface area contributed by atoms with E-state index >= 15 is 4.39 Å². The fraction of sp³-hybridized carbons (Fsp3) is 0.444. The Morgan fingerprint density at radius 3 is 2.88 bits per heavy atom. The number of carbonyl (C=O) groups is 1. The zero-order valence-electron chi connectivity index (χ0n) is 19.6. The molecule has 4 rings (SSSR count). The molecule has 0 spiro atoms. The highest BCUT2D eigenvalue weighted by Gasteiger charge is 2.34. The van der Waals surface area contributed by atoms with E-state index in [1.165, 1.54) is 0 Å². The molecule has 34 heavy (non-hydrogen) atoms. The predicted molar refractivity (Wildman–Crippen MR) is 130 cm³/mol. The van der Waals surface area contributed by atoms with Gasteiger partial charge in [0.1, 0.15) is 11.9 Å². The van der Waals surface area contributed by atoms with Crippen molar-refractivity contribution in [3.63, 3.8) is 0 Å². The summed E-state index contributed by atoms with van der Waals surface area (Å²) >= 11 is 0. The van der Waals surface area contributed by atoms with Crippen LogP contribution in [0.25, 0.3) is 10.9 Å². The highest BCUT2D eigenvalue weighted by Crippen LogP contribution is 2.35. The second-order valence-electron chi connectivity index (χ2n) is 9.05. The summed E-state index contributed by atoms with van der Waals surface area (Å²) in [4.78, 5) is 22.9. The number of hydrogen-bond acceptors (Lipinski definition) is 5. The molecule has 1 saturated heterocycles. The van der Waals surface area contributed by atoms with Crippen molar-refractivity contribution in [1.29, 1.82) is 0 Å². The Kier molecular flexibility index (Phi) is 8.06. The van der Waals surface area contributed by atoms with Crippen LogP contribution in [0.1, 0.15) is 43.1 Å². The number of nitrogens with zero attached hydrogens (tertiary/aromatic N) is 3. The van der Waals surface area contributed by atoms with Gasteiger partial charge in [-0.3, -0.25) is 14.8 Å². The van der Waals surface area contributed by atoms with Gasteiger partial charge in [0.15, 0.2) is 0 Å². The molecule has 0 saturated carbocycles. The van der Waals surface area contributed by atoms with Crippen LogP contribution in [0.2, 0.25) is 0 Å². The van der Waals surface area contributed by atoms with Crippen LogP contribution in [0, 0.1) is 11.8 Å². The molecule has 0 aliphatic carbocycles. The number of rotatable bonds is 10. The lowest BCUT2D eigenvalue weighted by molar-refractivity contribution is -0.146. The van der Waals surface area contributed by atoms with E-state index in [0.717, 1.165) is 48.9 Å². The van der Waals surface area contributed by atoms with Crippen molar-refractivity contribution in [1.82, 2.24) is 14.9 Å². The number of likely N-dealkylation sites (tertiary alicyclic amines) is 1. The first-order chi connectivity index (χ1) is 16.5. The molecule has 1 N–H and O–H groups in total. The SMILES string of the molecule is COc1ccc2nccc([C@@H](F)CC[C@@H]3CCN(CCCc4ccccn4)C[C@@H]3C(=O)O)c2c1. The van der Waals surface area contributed by atoms with Crippen molar-refractivity contribution in [3.8, 4) is 5.75 Å². The standard InChI is InChI=1S/C27H32FN3O3/c1-34-21-8-10-26-23(17-21)22(11-14-30-26)25(28)9-7-19-12-16-31(18-24(19)27(32)33)15-4-6-20-5-2-3-13-29-20/h2-3,5,8,10-11,13-14,17,19,24-25H,4,6-7,9,12,15-16,18H2,1H3,(H,32,33)/t19-,24+,25+/m1/s1. The number of benzene rings is 1. The van der Waals surface area contributed by atoms with Gasteiger partial charge in [-0.25, -0.2) is 4.39 Å². The number of halogens is 1. The molecule has 2 aromatic heterocycles. The minimum atomic E-state index is -1.18. The highest BCUT2D eigenvalue weighted by molar-refractivity contribution is 5.83. The summed E-state index contributed by atoms with van der Waals surface area (Å²) in [7, 11) is 1.58. The number of carboxylic acid groups (broad SMARTS) is 1. The second-order valence-corrected chi connectivity index (χ2v) is 9.05. The van der Waals surface area contributed by atoms with E-state index in [1.807, 2.05) is 36.4 Å². The Bertz CT molecular complexity index is 1090. The van der Waals surface area contributed by atoms with E-state index in [1.54, 1.807) is 25.6 Å². The summed E-state index contributed by atoms with van der Waals surface area (Å²) in [5.74, 6) is -0.611. The van der Waals surface area contributed by atoms with E-state index in [-0.39, 0.29) is 5.92 Å². The van der Waals surface area contributed by atoms with Crippen LogP contribution >= 0.6 is 0 Å². The molecule has 1 fully saturated rings. The number of hydrogen-bond donors (Lipinski definition) is 1. The Morgan fingerprint density at radius 2 is 2.12 bits per heavy atom. The number of alkyl halides is 1. The smallest absolute Gasteiger partial charge is 0.308 e. The summed E-state index contributed by atoms with van der Waals surface area (Å²) in [5.41, 5.74) is 2.37. The number of carboxylic acids is 1. The molecular formula is C27H32FN3O3. The van der Waals surface area contributed by atoms with Gasteiger partial charge in [-0.05, 0) is 93.1 Å². The average Bonchev–Trinajstić information content (AvgIpc) is 2.87. The molecule has 6 nitrogen and oxygen atoms in total. The minimum absolute atomic E-state index is 0.0228. The van der Waals surface area contributed by atoms with Gasteiger partial charge in [0.2, 0.25) is 0 Å². The van der Waals surface area contributed by atoms with Gasteiger partial charge in [-0.1, -0.05) is 6.07 Å². The number of aromatic nitrogens is 2. The number of methoxy groups -OCH3 is 1. The second kappa shape index (κ2) is 11.4. The molecular weight excluding hydrogens is 433 g/mol. The van der Waals surface area contributed by atoms with Gasteiger partial charge in [-0.15, -0.1) is 0 Å². The molecule has 0 bridgehead atoms. The molecule has 0 amide bonds. The van der Waals surface area contributed by atoms with Gasteiger partial charge in [-0.2, -0.15) is 0 Å². The largest absolute Gasteiger partial charge is 0.497 e. The first-order valence-electron chi connectivity index (χ1n) is 12.0. The summed E-state index contributed by atoms with van der Waals surface area (Å²) in [6, 6.07) is 13.1. The first-order valence-corrected chi connectivity index (χ1v) is 12.0. The number of aliphatic carboxylic acids is 1. The Labute approximate surface area is 199 Å². The van der Waals surface area contributed by atoms with Crippen LogP contribution in [-0.4, -0.2) is 52.7 Å². The third kappa shape index (κ3) is 5.89. The molecule has 1 aliphatic rings. The van der Waals surface area contributed by atoms with Crippen molar-refractivity contribution in [2.45, 2.75) is 38.3 Å². The van der Waals surface area contributed by atoms with E-state index in [0.29, 0.717) is 30.7 Å². The quantitative estimate of drug-likeness (QED) is 0.450. The summed E-state index contributed by atoms with van der Waals surface area (Å²) in [6.07, 6.45) is 5.69. The van der Waals surface area contributed by atoms with Crippen LogP contribution in [0.3, 0.4) is 0 Å². The molecule has 1 aliphatic heterocycles. The van der Waals surface area contributed by atoms with Crippen LogP contribution in [0.15, 0.2) is 54.9 Å². The molecule has 0 unspecified atom stereocenters. The fourth-order valence-electron chi connectivity index (χ4n) is 4.99. The molecule has 0 radical (unpaired) electrons. The number of fused-ring (bicyclic) bond motifs is 1. The Hall–Kier alpha value is -3.06. The lowest BCUT2D eigenvalue weighted by Crippen LogP contribution is -2.44. The maximum Gasteiger partial charge on any atom is 0.308 e. The normalized spacial score (nSPS) is 19.7. The van der Waals surface area contributed by atoms with Crippen LogP contribution in [-0.2, 0) is 11.2 Å². The van der Waals surface area contributed by atoms with E-state index in [4.69, 9.17) is 4.74 Å². The average molecular weight is 466 g/mol. The minimum Gasteiger partial charge on any atom is -0.497 e. The predicted octanol–water partition coefficient (Wildman–Crippen LogP) is 5.08. The summed E-state index contributed by atoms with van der Waals surface area (Å²) < 4.78 is 20.6. The van der Waals surface area contributed by atoms with Gasteiger partial charge in [0.25, 0.3) is 0 Å². The topological polar surface area (TPSA) is 75.5 Å². The maximum absolute atomic E-state index is 15.4. The van der Waals surface area contributed by atoms with Gasteiger partial charge < -0.3 is 14.7 Å². The maximum atomic E-state index is 15.4. The number of aryl methyl sites for hydroxylation is 1. The van der Waals surface area contributed by atoms with E-state index in [2.05, 4.69) is 14.9 Å². The number of ether oxygens (including phenoxy) is 1. The molecule has 3 heterocycles. The lowest BCUT2D eigenvalue weighted by Gasteiger charge is -2.36. The van der Waals surface area contributed by atoms with Gasteiger partial charge in [0, 0.05) is 30.0 Å². The van der Waals surface area contributed by atoms with Crippen molar-refractivity contribution in [3.05, 3.63) is 66.1 Å². The number of pyridine rings is 2. The highest BCUT2D eigenvalue weighted by atomic mass is 19.1. The third-order valence-electron chi connectivity index (χ3n) is 6.90. The molecule has 3 aromatic rings. The van der Waals surface area contributed by atoms with Crippen molar-refractivity contribution >= 4 is 16.9 Å². The zero-order chi connectivity index (χ0) is 23.9. The molecule has 180 valence electrons. The van der Waals surface area contributed by atoms with Crippen LogP contribution < -0.4 is 4.74 Å². The van der Waals surface area contributed by atoms with E-state index < -0.39 is 18.1 Å². The summed E-state index contributed by atoms with van der Waals surface area (Å²) in [6.45, 7) is 2.22. The molecule has 3 atom stereocenters. The van der Waals surface area contributed by atoms with Gasteiger partial charge in [0.05, 0.1) is 18.5 Å². The lowest BCUT2D eigenvalue weighted by atomic mass is 9.81. The van der Waals surface area contributed by atoms with Crippen molar-refractivity contribution < 1.29 is 19.0 Å². The fourth-order valence-corrected chi connectivity index (χ4v) is 4.99. The summed E-state index contributed by atoms with van der Waals surface area (Å²) in [5, 5.41) is 10.6. The first kappa shape index (κ1) is 24.1. The molecule has 7 heteroatoms. The van der Waals surface area contributed by atoms with Crippen LogP contribution in [0.5, 0.6) is 5.75 Å². The Balaban J connectivity index is 1.34. The van der Waals surface area contributed by atoms with Gasteiger partial charge >= 0.3 is 5.97 Å². The van der Waals surface area contributed by atoms with Crippen molar-refractivity contribution in [2.75, 3.05) is 26.7 Å². The zero-order valence-corrected chi connectivity index (χ0v) is 19.6. The van der Waals surface area contributed by atoms with Crippen molar-refractivity contribution in [2.24, 2.45) is 11.8 Å². The van der Waals surface area contributed by atoms with Crippen LogP contribution in [0.4, 0.5) is 4.39 Å². The van der Waals surface area contributed by atoms with E-state index in [9.17, 15) is 9.90 Å². The Morgan fingerprint density at radius 1 is 1.24 bits per heavy atom. The number of piperidine rings is 1. The monoisotopic (exact) mass is 465 g/mol.